The van der Waals surface area contributed by atoms with Gasteiger partial charge in [-0.25, -0.2) is 4.98 Å². The van der Waals surface area contributed by atoms with E-state index in [4.69, 9.17) is 4.74 Å². The van der Waals surface area contributed by atoms with Crippen LogP contribution in [0.1, 0.15) is 36.9 Å². The third kappa shape index (κ3) is 4.78. The Morgan fingerprint density at radius 2 is 2.10 bits per heavy atom. The van der Waals surface area contributed by atoms with Crippen LogP contribution in [-0.2, 0) is 17.9 Å². The Labute approximate surface area is 169 Å². The molecule has 8 heteroatoms. The lowest BCUT2D eigenvalue weighted by atomic mass is 9.93. The Hall–Kier alpha value is -3.26. The lowest BCUT2D eigenvalue weighted by molar-refractivity contribution is -0.123. The molecular weight excluding hydrogens is 368 g/mol. The van der Waals surface area contributed by atoms with E-state index in [9.17, 15) is 4.79 Å². The SMILES string of the molecule is CCn1cc([C@@H]2NC(=O)CC[C@H]2NCc2ccc(Oc3cnccn3)cc2)cn1. The molecule has 3 aromatic rings. The van der Waals surface area contributed by atoms with Gasteiger partial charge >= 0.3 is 0 Å². The van der Waals surface area contributed by atoms with Crippen molar-refractivity contribution in [2.75, 3.05) is 0 Å². The van der Waals surface area contributed by atoms with Crippen LogP contribution in [0.3, 0.4) is 0 Å². The molecule has 3 heterocycles. The number of hydrogen-bond donors (Lipinski definition) is 2. The maximum absolute atomic E-state index is 11.9. The van der Waals surface area contributed by atoms with E-state index in [1.165, 1.54) is 0 Å². The van der Waals surface area contributed by atoms with Gasteiger partial charge in [-0.2, -0.15) is 5.10 Å². The lowest BCUT2D eigenvalue weighted by Gasteiger charge is -2.32. The van der Waals surface area contributed by atoms with Crippen LogP contribution in [0.15, 0.2) is 55.2 Å². The zero-order chi connectivity index (χ0) is 20.1. The second-order valence-electron chi connectivity index (χ2n) is 6.99. The molecule has 8 nitrogen and oxygen atoms in total. The van der Waals surface area contributed by atoms with Gasteiger partial charge in [0.1, 0.15) is 5.75 Å². The van der Waals surface area contributed by atoms with Crippen LogP contribution >= 0.6 is 0 Å². The van der Waals surface area contributed by atoms with Crippen molar-refractivity contribution in [3.8, 4) is 11.6 Å². The van der Waals surface area contributed by atoms with E-state index in [1.54, 1.807) is 18.6 Å². The first-order valence-electron chi connectivity index (χ1n) is 9.79. The fourth-order valence-electron chi connectivity index (χ4n) is 3.43. The molecule has 4 rings (SSSR count). The minimum atomic E-state index is -0.0733. The second-order valence-corrected chi connectivity index (χ2v) is 6.99. The molecule has 1 amide bonds. The van der Waals surface area contributed by atoms with E-state index in [0.29, 0.717) is 24.6 Å². The number of rotatable bonds is 7. The molecule has 1 fully saturated rings. The highest BCUT2D eigenvalue weighted by atomic mass is 16.5. The van der Waals surface area contributed by atoms with E-state index >= 15 is 0 Å². The minimum absolute atomic E-state index is 0.0733. The van der Waals surface area contributed by atoms with Gasteiger partial charge in [0.25, 0.3) is 0 Å². The number of hydrogen-bond acceptors (Lipinski definition) is 6. The summed E-state index contributed by atoms with van der Waals surface area (Å²) >= 11 is 0. The van der Waals surface area contributed by atoms with Crippen molar-refractivity contribution in [1.29, 1.82) is 0 Å². The molecule has 0 saturated carbocycles. The normalized spacial score (nSPS) is 19.0. The molecule has 1 aliphatic heterocycles. The lowest BCUT2D eigenvalue weighted by Crippen LogP contribution is -2.48. The number of nitrogens with one attached hydrogen (secondary N) is 2. The van der Waals surface area contributed by atoms with Gasteiger partial charge in [0.2, 0.25) is 11.8 Å². The molecule has 150 valence electrons. The predicted molar refractivity (Wildman–Crippen MR) is 107 cm³/mol. The maximum Gasteiger partial charge on any atom is 0.237 e. The number of amides is 1. The molecular formula is C21H24N6O2. The molecule has 1 aliphatic rings. The number of aryl methyl sites for hydroxylation is 1. The number of benzene rings is 1. The Balaban J connectivity index is 1.38. The molecule has 0 aliphatic carbocycles. The number of ether oxygens (including phenoxy) is 1. The van der Waals surface area contributed by atoms with Gasteiger partial charge in [-0.3, -0.25) is 14.5 Å². The van der Waals surface area contributed by atoms with Crippen molar-refractivity contribution in [3.63, 3.8) is 0 Å². The van der Waals surface area contributed by atoms with Gasteiger partial charge in [0.15, 0.2) is 0 Å². The molecule has 0 radical (unpaired) electrons. The Morgan fingerprint density at radius 1 is 1.24 bits per heavy atom. The zero-order valence-corrected chi connectivity index (χ0v) is 16.3. The van der Waals surface area contributed by atoms with E-state index in [1.807, 2.05) is 48.3 Å². The molecule has 29 heavy (non-hydrogen) atoms. The van der Waals surface area contributed by atoms with Crippen molar-refractivity contribution in [2.45, 2.75) is 44.9 Å². The van der Waals surface area contributed by atoms with Crippen molar-refractivity contribution in [3.05, 3.63) is 66.4 Å². The third-order valence-corrected chi connectivity index (χ3v) is 4.99. The summed E-state index contributed by atoms with van der Waals surface area (Å²) in [7, 11) is 0. The summed E-state index contributed by atoms with van der Waals surface area (Å²) in [6, 6.07) is 7.94. The van der Waals surface area contributed by atoms with Crippen LogP contribution in [-0.4, -0.2) is 31.7 Å². The van der Waals surface area contributed by atoms with Gasteiger partial charge in [0, 0.05) is 49.7 Å². The van der Waals surface area contributed by atoms with Crippen LogP contribution in [0.5, 0.6) is 11.6 Å². The number of carbonyl (C=O) groups is 1. The minimum Gasteiger partial charge on any atom is -0.438 e. The third-order valence-electron chi connectivity index (χ3n) is 4.99. The van der Waals surface area contributed by atoms with Gasteiger partial charge in [-0.1, -0.05) is 12.1 Å². The number of piperidine rings is 1. The van der Waals surface area contributed by atoms with Crippen molar-refractivity contribution in [1.82, 2.24) is 30.4 Å². The van der Waals surface area contributed by atoms with E-state index in [-0.39, 0.29) is 18.0 Å². The summed E-state index contributed by atoms with van der Waals surface area (Å²) in [5.74, 6) is 1.26. The summed E-state index contributed by atoms with van der Waals surface area (Å²) in [6.45, 7) is 3.55. The summed E-state index contributed by atoms with van der Waals surface area (Å²) < 4.78 is 7.55. The summed E-state index contributed by atoms with van der Waals surface area (Å²) in [6.07, 6.45) is 9.94. The molecule has 2 aromatic heterocycles. The highest BCUT2D eigenvalue weighted by molar-refractivity contribution is 5.77. The molecule has 1 aromatic carbocycles. The number of carbonyl (C=O) groups excluding carboxylic acids is 1. The van der Waals surface area contributed by atoms with Crippen molar-refractivity contribution < 1.29 is 9.53 Å². The van der Waals surface area contributed by atoms with E-state index in [2.05, 4.69) is 25.7 Å². The first-order valence-corrected chi connectivity index (χ1v) is 9.79. The predicted octanol–water partition coefficient (Wildman–Crippen LogP) is 2.59. The highest BCUT2D eigenvalue weighted by Gasteiger charge is 2.30. The number of aromatic nitrogens is 4. The number of nitrogens with zero attached hydrogens (tertiary/aromatic N) is 4. The Morgan fingerprint density at radius 3 is 2.83 bits per heavy atom. The highest BCUT2D eigenvalue weighted by Crippen LogP contribution is 2.25. The largest absolute Gasteiger partial charge is 0.438 e. The average Bonchev–Trinajstić information content (AvgIpc) is 3.24. The maximum atomic E-state index is 11.9. The Kier molecular flexibility index (Phi) is 5.81. The van der Waals surface area contributed by atoms with Crippen molar-refractivity contribution >= 4 is 5.91 Å². The monoisotopic (exact) mass is 392 g/mol. The molecule has 0 spiro atoms. The molecule has 0 unspecified atom stereocenters. The van der Waals surface area contributed by atoms with Gasteiger partial charge in [-0.05, 0) is 31.0 Å². The molecule has 1 saturated heterocycles. The topological polar surface area (TPSA) is 94.0 Å². The van der Waals surface area contributed by atoms with Gasteiger partial charge in [-0.15, -0.1) is 0 Å². The van der Waals surface area contributed by atoms with Crippen LogP contribution in [0, 0.1) is 0 Å². The zero-order valence-electron chi connectivity index (χ0n) is 16.3. The first-order chi connectivity index (χ1) is 14.2. The van der Waals surface area contributed by atoms with Crippen LogP contribution in [0.4, 0.5) is 0 Å². The second kappa shape index (κ2) is 8.83. The smallest absolute Gasteiger partial charge is 0.237 e. The fourth-order valence-corrected chi connectivity index (χ4v) is 3.43. The van der Waals surface area contributed by atoms with E-state index in [0.717, 1.165) is 24.1 Å². The summed E-state index contributed by atoms with van der Waals surface area (Å²) in [5.41, 5.74) is 2.17. The summed E-state index contributed by atoms with van der Waals surface area (Å²) in [4.78, 5) is 20.0. The van der Waals surface area contributed by atoms with Crippen molar-refractivity contribution in [2.24, 2.45) is 0 Å². The summed E-state index contributed by atoms with van der Waals surface area (Å²) in [5, 5.41) is 11.0. The molecule has 2 N–H and O–H groups in total. The van der Waals surface area contributed by atoms with Crippen LogP contribution < -0.4 is 15.4 Å². The average molecular weight is 392 g/mol. The Bertz CT molecular complexity index is 941. The molecule has 2 atom stereocenters. The first kappa shape index (κ1) is 19.1. The van der Waals surface area contributed by atoms with Crippen LogP contribution in [0.2, 0.25) is 0 Å². The van der Waals surface area contributed by atoms with Gasteiger partial charge < -0.3 is 15.4 Å². The molecule has 0 bridgehead atoms. The quantitative estimate of drug-likeness (QED) is 0.642. The van der Waals surface area contributed by atoms with Crippen LogP contribution in [0.25, 0.3) is 0 Å². The standard InChI is InChI=1S/C21H24N6O2/c1-2-27-14-16(12-25-27)21-18(7-8-19(28)26-21)24-11-15-3-5-17(6-4-15)29-20-13-22-9-10-23-20/h3-6,9-10,12-14,18,21,24H,2,7-8,11H2,1H3,(H,26,28)/t18-,21+/m1/s1. The van der Waals surface area contributed by atoms with E-state index < -0.39 is 0 Å². The van der Waals surface area contributed by atoms with Gasteiger partial charge in [0.05, 0.1) is 18.4 Å². The fraction of sp³-hybridized carbons (Fsp3) is 0.333.